The van der Waals surface area contributed by atoms with E-state index in [4.69, 9.17) is 27.9 Å². The van der Waals surface area contributed by atoms with Gasteiger partial charge >= 0.3 is 0 Å². The molecular formula is C21H33Cl2NO2. The van der Waals surface area contributed by atoms with Gasteiger partial charge in [-0.2, -0.15) is 0 Å². The third-order valence-electron chi connectivity index (χ3n) is 4.40. The van der Waals surface area contributed by atoms with Crippen LogP contribution < -0.4 is 10.1 Å². The van der Waals surface area contributed by atoms with Crippen LogP contribution in [0.4, 0.5) is 0 Å². The second-order valence-electron chi connectivity index (χ2n) is 6.81. The molecule has 148 valence electrons. The summed E-state index contributed by atoms with van der Waals surface area (Å²) in [7, 11) is 0. The first-order valence-electron chi connectivity index (χ1n) is 9.94. The van der Waals surface area contributed by atoms with Crippen molar-refractivity contribution in [3.8, 4) is 5.75 Å². The number of rotatable bonds is 14. The number of amides is 1. The maximum Gasteiger partial charge on any atom is 0.260 e. The van der Waals surface area contributed by atoms with Crippen molar-refractivity contribution in [2.24, 2.45) is 0 Å². The topological polar surface area (TPSA) is 38.3 Å². The molecule has 0 bridgehead atoms. The van der Waals surface area contributed by atoms with E-state index in [2.05, 4.69) is 12.2 Å². The molecule has 0 fully saturated rings. The Hall–Kier alpha value is -0.930. The van der Waals surface area contributed by atoms with Crippen molar-refractivity contribution >= 4 is 29.1 Å². The van der Waals surface area contributed by atoms with Crippen molar-refractivity contribution in [3.63, 3.8) is 0 Å². The van der Waals surface area contributed by atoms with Crippen LogP contribution in [0.25, 0.3) is 0 Å². The molecule has 1 unspecified atom stereocenters. The molecule has 0 aliphatic carbocycles. The van der Waals surface area contributed by atoms with Crippen LogP contribution in [0.3, 0.4) is 0 Å². The number of carbonyl (C=O) groups is 1. The Morgan fingerprint density at radius 3 is 2.15 bits per heavy atom. The van der Waals surface area contributed by atoms with Gasteiger partial charge in [0.1, 0.15) is 5.75 Å². The summed E-state index contributed by atoms with van der Waals surface area (Å²) in [5.74, 6) is 0.351. The van der Waals surface area contributed by atoms with Crippen molar-refractivity contribution in [1.29, 1.82) is 0 Å². The number of carbonyl (C=O) groups excluding carboxylic acids is 1. The molecule has 0 aromatic heterocycles. The van der Waals surface area contributed by atoms with Gasteiger partial charge in [-0.25, -0.2) is 0 Å². The molecule has 1 rings (SSSR count). The van der Waals surface area contributed by atoms with Gasteiger partial charge < -0.3 is 10.1 Å². The quantitative estimate of drug-likeness (QED) is 0.348. The Morgan fingerprint density at radius 1 is 1.00 bits per heavy atom. The Kier molecular flexibility index (Phi) is 12.6. The molecule has 1 aromatic carbocycles. The zero-order chi connectivity index (χ0) is 19.2. The summed E-state index contributed by atoms with van der Waals surface area (Å²) in [5, 5.41) is 3.88. The second kappa shape index (κ2) is 14.2. The molecule has 0 spiro atoms. The first-order chi connectivity index (χ1) is 12.5. The minimum absolute atomic E-state index is 0.119. The Labute approximate surface area is 168 Å². The van der Waals surface area contributed by atoms with Gasteiger partial charge in [0.15, 0.2) is 6.10 Å². The summed E-state index contributed by atoms with van der Waals surface area (Å²) >= 11 is 11.9. The van der Waals surface area contributed by atoms with E-state index < -0.39 is 6.10 Å². The highest BCUT2D eigenvalue weighted by Gasteiger charge is 2.15. The van der Waals surface area contributed by atoms with E-state index in [1.165, 1.54) is 51.4 Å². The summed E-state index contributed by atoms with van der Waals surface area (Å²) in [6.07, 6.45) is 12.3. The number of hydrogen-bond acceptors (Lipinski definition) is 2. The fourth-order valence-corrected chi connectivity index (χ4v) is 3.24. The largest absolute Gasteiger partial charge is 0.479 e. The lowest BCUT2D eigenvalue weighted by molar-refractivity contribution is -0.127. The number of halogens is 2. The van der Waals surface area contributed by atoms with E-state index in [1.807, 2.05) is 0 Å². The highest BCUT2D eigenvalue weighted by molar-refractivity contribution is 6.35. The molecule has 0 aliphatic heterocycles. The lowest BCUT2D eigenvalue weighted by Crippen LogP contribution is -2.36. The Bertz CT molecular complexity index is 523. The molecule has 0 aliphatic rings. The lowest BCUT2D eigenvalue weighted by atomic mass is 10.1. The highest BCUT2D eigenvalue weighted by Crippen LogP contribution is 2.28. The first kappa shape index (κ1) is 23.1. The minimum Gasteiger partial charge on any atom is -0.479 e. The van der Waals surface area contributed by atoms with Crippen LogP contribution in [0.1, 0.15) is 78.1 Å². The molecule has 1 amide bonds. The zero-order valence-electron chi connectivity index (χ0n) is 16.2. The molecule has 5 heteroatoms. The summed E-state index contributed by atoms with van der Waals surface area (Å²) in [5.41, 5.74) is 0. The van der Waals surface area contributed by atoms with Crippen LogP contribution in [0.2, 0.25) is 10.0 Å². The van der Waals surface area contributed by atoms with Crippen LogP contribution in [0.15, 0.2) is 18.2 Å². The zero-order valence-corrected chi connectivity index (χ0v) is 17.7. The van der Waals surface area contributed by atoms with Crippen LogP contribution >= 0.6 is 23.2 Å². The first-order valence-corrected chi connectivity index (χ1v) is 10.7. The molecular weight excluding hydrogens is 369 g/mol. The normalized spacial score (nSPS) is 12.0. The van der Waals surface area contributed by atoms with Crippen LogP contribution in [0, 0.1) is 0 Å². The molecule has 1 N–H and O–H groups in total. The third-order valence-corrected chi connectivity index (χ3v) is 4.93. The van der Waals surface area contributed by atoms with Gasteiger partial charge in [0.25, 0.3) is 5.91 Å². The smallest absolute Gasteiger partial charge is 0.260 e. The van der Waals surface area contributed by atoms with E-state index in [0.29, 0.717) is 22.3 Å². The van der Waals surface area contributed by atoms with Crippen LogP contribution in [-0.2, 0) is 4.79 Å². The molecule has 1 atom stereocenters. The molecule has 3 nitrogen and oxygen atoms in total. The van der Waals surface area contributed by atoms with Crippen molar-refractivity contribution in [3.05, 3.63) is 28.2 Å². The van der Waals surface area contributed by atoms with Crippen LogP contribution in [-0.4, -0.2) is 18.6 Å². The molecule has 0 radical (unpaired) electrons. The molecule has 0 heterocycles. The Morgan fingerprint density at radius 2 is 1.58 bits per heavy atom. The van der Waals surface area contributed by atoms with E-state index in [9.17, 15) is 4.79 Å². The number of ether oxygens (including phenoxy) is 1. The van der Waals surface area contributed by atoms with Gasteiger partial charge in [-0.1, -0.05) is 87.9 Å². The average molecular weight is 402 g/mol. The maximum absolute atomic E-state index is 12.1. The number of hydrogen-bond donors (Lipinski definition) is 1. The van der Waals surface area contributed by atoms with E-state index in [1.54, 1.807) is 25.1 Å². The van der Waals surface area contributed by atoms with Gasteiger partial charge in [-0.15, -0.1) is 0 Å². The van der Waals surface area contributed by atoms with Crippen molar-refractivity contribution < 1.29 is 9.53 Å². The molecule has 0 saturated carbocycles. The van der Waals surface area contributed by atoms with Crippen LogP contribution in [0.5, 0.6) is 5.75 Å². The van der Waals surface area contributed by atoms with Crippen molar-refractivity contribution in [1.82, 2.24) is 5.32 Å². The van der Waals surface area contributed by atoms with Gasteiger partial charge in [0, 0.05) is 11.6 Å². The van der Waals surface area contributed by atoms with Crippen molar-refractivity contribution in [2.75, 3.05) is 6.54 Å². The monoisotopic (exact) mass is 401 g/mol. The maximum atomic E-state index is 12.1. The predicted molar refractivity (Wildman–Crippen MR) is 111 cm³/mol. The van der Waals surface area contributed by atoms with Gasteiger partial charge in [-0.05, 0) is 31.5 Å². The number of benzene rings is 1. The summed E-state index contributed by atoms with van der Waals surface area (Å²) in [6, 6.07) is 4.97. The Balaban J connectivity index is 2.05. The summed E-state index contributed by atoms with van der Waals surface area (Å²) in [6.45, 7) is 4.66. The van der Waals surface area contributed by atoms with E-state index in [0.717, 1.165) is 12.8 Å². The minimum atomic E-state index is -0.586. The standard InChI is InChI=1S/C21H33Cl2NO2/c1-3-4-5-6-7-8-9-10-11-12-15-24-21(25)17(2)26-20-14-13-18(22)16-19(20)23/h13-14,16-17H,3-12,15H2,1-2H3,(H,24,25). The summed E-state index contributed by atoms with van der Waals surface area (Å²) in [4.78, 5) is 12.1. The van der Waals surface area contributed by atoms with E-state index in [-0.39, 0.29) is 5.91 Å². The molecule has 0 saturated heterocycles. The molecule has 1 aromatic rings. The molecule has 26 heavy (non-hydrogen) atoms. The fourth-order valence-electron chi connectivity index (χ4n) is 2.78. The highest BCUT2D eigenvalue weighted by atomic mass is 35.5. The predicted octanol–water partition coefficient (Wildman–Crippen LogP) is 6.80. The van der Waals surface area contributed by atoms with Gasteiger partial charge in [0.2, 0.25) is 0 Å². The second-order valence-corrected chi connectivity index (χ2v) is 7.65. The average Bonchev–Trinajstić information content (AvgIpc) is 2.61. The van der Waals surface area contributed by atoms with Crippen molar-refractivity contribution in [2.45, 2.75) is 84.2 Å². The lowest BCUT2D eigenvalue weighted by Gasteiger charge is -2.15. The SMILES string of the molecule is CCCCCCCCCCCCNC(=O)C(C)Oc1ccc(Cl)cc1Cl. The third kappa shape index (κ3) is 10.3. The fraction of sp³-hybridized carbons (Fsp3) is 0.667. The van der Waals surface area contributed by atoms with Gasteiger partial charge in [0.05, 0.1) is 5.02 Å². The number of nitrogens with one attached hydrogen (secondary N) is 1. The number of unbranched alkanes of at least 4 members (excludes halogenated alkanes) is 9. The summed E-state index contributed by atoms with van der Waals surface area (Å²) < 4.78 is 5.61. The van der Waals surface area contributed by atoms with E-state index >= 15 is 0 Å². The van der Waals surface area contributed by atoms with Gasteiger partial charge in [-0.3, -0.25) is 4.79 Å².